The van der Waals surface area contributed by atoms with E-state index in [-0.39, 0.29) is 11.4 Å². The lowest BCUT2D eigenvalue weighted by Crippen LogP contribution is -2.56. The summed E-state index contributed by atoms with van der Waals surface area (Å²) in [7, 11) is 0. The molecule has 0 saturated carbocycles. The van der Waals surface area contributed by atoms with E-state index in [2.05, 4.69) is 56.5 Å². The van der Waals surface area contributed by atoms with Crippen LogP contribution in [-0.4, -0.2) is 11.4 Å². The van der Waals surface area contributed by atoms with E-state index < -0.39 is 0 Å². The number of amides is 1. The second kappa shape index (κ2) is 5.63. The Labute approximate surface area is 120 Å². The minimum absolute atomic E-state index is 0.0415. The highest BCUT2D eigenvalue weighted by molar-refractivity contribution is 5.85. The second-order valence-corrected chi connectivity index (χ2v) is 6.06. The summed E-state index contributed by atoms with van der Waals surface area (Å²) in [5, 5.41) is 4.44. The van der Waals surface area contributed by atoms with Gasteiger partial charge in [0.05, 0.1) is 0 Å². The van der Waals surface area contributed by atoms with Gasteiger partial charge >= 0.3 is 0 Å². The molecule has 0 spiro atoms. The summed E-state index contributed by atoms with van der Waals surface area (Å²) in [6, 6.07) is 14.6. The zero-order valence-corrected chi connectivity index (χ0v) is 12.6. The molecule has 2 aromatic carbocycles. The lowest BCUT2D eigenvalue weighted by atomic mass is 10.0. The van der Waals surface area contributed by atoms with E-state index in [9.17, 15) is 4.79 Å². The SMILES string of the molecule is CC(=O)N[N+](Cc1cccc2ccccc12)C(C)(C)C. The third kappa shape index (κ3) is 3.36. The van der Waals surface area contributed by atoms with Gasteiger partial charge in [0.25, 0.3) is 5.91 Å². The fourth-order valence-electron chi connectivity index (χ4n) is 2.24. The quantitative estimate of drug-likeness (QED) is 0.674. The first-order valence-corrected chi connectivity index (χ1v) is 6.89. The number of hydrazine groups is 1. The largest absolute Gasteiger partial charge is 0.270 e. The van der Waals surface area contributed by atoms with Crippen LogP contribution in [0.3, 0.4) is 0 Å². The second-order valence-electron chi connectivity index (χ2n) is 6.06. The van der Waals surface area contributed by atoms with Gasteiger partial charge in [-0.1, -0.05) is 42.5 Å². The number of carbonyl (C=O) groups excluding carboxylic acids is 1. The van der Waals surface area contributed by atoms with Crippen LogP contribution in [0.4, 0.5) is 0 Å². The van der Waals surface area contributed by atoms with Crippen molar-refractivity contribution in [3.05, 3.63) is 48.0 Å². The summed E-state index contributed by atoms with van der Waals surface area (Å²) in [5.74, 6) is -0.0415. The van der Waals surface area contributed by atoms with Crippen LogP contribution in [0.25, 0.3) is 10.8 Å². The molecule has 0 heterocycles. The van der Waals surface area contributed by atoms with Crippen molar-refractivity contribution in [3.63, 3.8) is 0 Å². The number of hydrogen-bond donors (Lipinski definition) is 1. The molecule has 0 aliphatic carbocycles. The third-order valence-corrected chi connectivity index (χ3v) is 3.31. The van der Waals surface area contributed by atoms with Crippen LogP contribution in [0.1, 0.15) is 33.3 Å². The molecule has 1 N–H and O–H groups in total. The van der Waals surface area contributed by atoms with Crippen molar-refractivity contribution in [2.75, 3.05) is 0 Å². The summed E-state index contributed by atoms with van der Waals surface area (Å²) < 4.78 is 0. The highest BCUT2D eigenvalue weighted by atomic mass is 16.2. The van der Waals surface area contributed by atoms with E-state index in [0.29, 0.717) is 6.54 Å². The molecule has 0 bridgehead atoms. The molecule has 3 heteroatoms. The van der Waals surface area contributed by atoms with Gasteiger partial charge in [0.1, 0.15) is 0 Å². The standard InChI is InChI=1S/C17H22N2O/c1-13(20)18-19(17(2,3)4)12-15-10-7-9-14-8-5-6-11-16(14)15/h5-11H,12H2,1-4H3,(H,18,20)/q+1. The van der Waals surface area contributed by atoms with Crippen LogP contribution in [0.2, 0.25) is 0 Å². The van der Waals surface area contributed by atoms with Gasteiger partial charge in [-0.2, -0.15) is 5.43 Å². The van der Waals surface area contributed by atoms with Crippen LogP contribution in [0.15, 0.2) is 42.5 Å². The Hall–Kier alpha value is -1.87. The molecule has 0 aliphatic heterocycles. The van der Waals surface area contributed by atoms with Crippen molar-refractivity contribution in [1.29, 1.82) is 0 Å². The maximum absolute atomic E-state index is 11.4. The van der Waals surface area contributed by atoms with Crippen LogP contribution >= 0.6 is 0 Å². The smallest absolute Gasteiger partial charge is 0.266 e. The molecular formula is C17H22N2O+. The molecule has 2 aromatic rings. The molecule has 3 nitrogen and oxygen atoms in total. The van der Waals surface area contributed by atoms with Crippen LogP contribution in [0, 0.1) is 0 Å². The van der Waals surface area contributed by atoms with Gasteiger partial charge in [0.2, 0.25) is 0 Å². The van der Waals surface area contributed by atoms with Gasteiger partial charge in [-0.05, 0) is 36.6 Å². The molecule has 0 saturated heterocycles. The number of fused-ring (bicyclic) bond motifs is 1. The number of benzene rings is 2. The molecule has 0 atom stereocenters. The first-order chi connectivity index (χ1) is 9.38. The average molecular weight is 270 g/mol. The normalized spacial score (nSPS) is 11.8. The zero-order chi connectivity index (χ0) is 14.8. The Morgan fingerprint density at radius 2 is 1.75 bits per heavy atom. The van der Waals surface area contributed by atoms with Gasteiger partial charge in [0, 0.05) is 12.5 Å². The van der Waals surface area contributed by atoms with E-state index in [1.54, 1.807) is 6.92 Å². The highest BCUT2D eigenvalue weighted by Gasteiger charge is 2.33. The van der Waals surface area contributed by atoms with Crippen molar-refractivity contribution in [3.8, 4) is 0 Å². The average Bonchev–Trinajstić information content (AvgIpc) is 2.37. The minimum Gasteiger partial charge on any atom is -0.270 e. The van der Waals surface area contributed by atoms with Crippen molar-refractivity contribution in [2.45, 2.75) is 39.8 Å². The van der Waals surface area contributed by atoms with Gasteiger partial charge < -0.3 is 0 Å². The summed E-state index contributed by atoms with van der Waals surface area (Å²) in [5.41, 5.74) is 4.01. The molecule has 1 amide bonds. The molecule has 1 radical (unpaired) electrons. The van der Waals surface area contributed by atoms with Gasteiger partial charge in [-0.25, -0.2) is 0 Å². The van der Waals surface area contributed by atoms with Crippen molar-refractivity contribution < 1.29 is 4.79 Å². The maximum Gasteiger partial charge on any atom is 0.266 e. The Kier molecular flexibility index (Phi) is 4.09. The fourth-order valence-corrected chi connectivity index (χ4v) is 2.24. The van der Waals surface area contributed by atoms with E-state index in [4.69, 9.17) is 0 Å². The fraction of sp³-hybridized carbons (Fsp3) is 0.353. The molecule has 0 unspecified atom stereocenters. The summed E-state index contributed by atoms with van der Waals surface area (Å²) in [4.78, 5) is 11.4. The van der Waals surface area contributed by atoms with E-state index in [1.165, 1.54) is 16.3 Å². The topological polar surface area (TPSA) is 35.0 Å². The monoisotopic (exact) mass is 270 g/mol. The first kappa shape index (κ1) is 14.5. The maximum atomic E-state index is 11.4. The molecule has 0 aliphatic rings. The molecule has 0 fully saturated rings. The lowest BCUT2D eigenvalue weighted by Gasteiger charge is -2.24. The number of nitrogens with zero attached hydrogens (tertiary/aromatic N) is 1. The van der Waals surface area contributed by atoms with Crippen LogP contribution in [-0.2, 0) is 11.3 Å². The number of carbonyl (C=O) groups is 1. The lowest BCUT2D eigenvalue weighted by molar-refractivity contribution is -0.122. The molecule has 105 valence electrons. The number of hydrogen-bond acceptors (Lipinski definition) is 2. The predicted octanol–water partition coefficient (Wildman–Crippen LogP) is 3.33. The van der Waals surface area contributed by atoms with Crippen LogP contribution < -0.4 is 10.4 Å². The first-order valence-electron chi connectivity index (χ1n) is 6.89. The Bertz CT molecular complexity index is 608. The van der Waals surface area contributed by atoms with Gasteiger partial charge in [-0.15, -0.1) is 0 Å². The Morgan fingerprint density at radius 1 is 1.10 bits per heavy atom. The number of rotatable bonds is 3. The van der Waals surface area contributed by atoms with Gasteiger partial charge in [0.15, 0.2) is 12.1 Å². The molecule has 20 heavy (non-hydrogen) atoms. The van der Waals surface area contributed by atoms with Crippen molar-refractivity contribution in [1.82, 2.24) is 10.4 Å². The zero-order valence-electron chi connectivity index (χ0n) is 12.6. The van der Waals surface area contributed by atoms with Gasteiger partial charge in [-0.3, -0.25) is 4.79 Å². The summed E-state index contributed by atoms with van der Waals surface area (Å²) in [6.45, 7) is 8.50. The van der Waals surface area contributed by atoms with E-state index in [0.717, 1.165) is 0 Å². The Balaban J connectivity index is 2.36. The predicted molar refractivity (Wildman–Crippen MR) is 83.4 cm³/mol. The van der Waals surface area contributed by atoms with E-state index >= 15 is 0 Å². The van der Waals surface area contributed by atoms with Crippen LogP contribution in [0.5, 0.6) is 0 Å². The minimum atomic E-state index is -0.136. The number of nitrogens with one attached hydrogen (secondary N) is 1. The summed E-state index contributed by atoms with van der Waals surface area (Å²) in [6.07, 6.45) is 0. The highest BCUT2D eigenvalue weighted by Crippen LogP contribution is 2.21. The van der Waals surface area contributed by atoms with Crippen molar-refractivity contribution in [2.24, 2.45) is 0 Å². The molecule has 2 rings (SSSR count). The molecular weight excluding hydrogens is 248 g/mol. The third-order valence-electron chi connectivity index (χ3n) is 3.31. The van der Waals surface area contributed by atoms with E-state index in [1.807, 2.05) is 17.1 Å². The molecule has 0 aromatic heterocycles. The summed E-state index contributed by atoms with van der Waals surface area (Å²) >= 11 is 0. The van der Waals surface area contributed by atoms with Crippen molar-refractivity contribution >= 4 is 16.7 Å². The Morgan fingerprint density at radius 3 is 2.40 bits per heavy atom.